The summed E-state index contributed by atoms with van der Waals surface area (Å²) >= 11 is 0. The fourth-order valence-corrected chi connectivity index (χ4v) is 5.71. The molecule has 1 aromatic heterocycles. The molecule has 0 spiro atoms. The Morgan fingerprint density at radius 2 is 1.79 bits per heavy atom. The van der Waals surface area contributed by atoms with E-state index in [1.165, 1.54) is 36.9 Å². The molecular formula is C34H33FN4O8. The lowest BCUT2D eigenvalue weighted by atomic mass is 9.87. The molecule has 13 heteroatoms. The molecule has 244 valence electrons. The van der Waals surface area contributed by atoms with Crippen LogP contribution in [0.1, 0.15) is 45.2 Å². The van der Waals surface area contributed by atoms with Gasteiger partial charge in [0.15, 0.2) is 11.6 Å². The average Bonchev–Trinajstić information content (AvgIpc) is 3.06. The third-order valence-corrected chi connectivity index (χ3v) is 8.02. The fourth-order valence-electron chi connectivity index (χ4n) is 5.71. The highest BCUT2D eigenvalue weighted by Crippen LogP contribution is 2.39. The van der Waals surface area contributed by atoms with Crippen molar-refractivity contribution in [3.8, 4) is 17.2 Å². The van der Waals surface area contributed by atoms with E-state index < -0.39 is 29.0 Å². The van der Waals surface area contributed by atoms with E-state index in [2.05, 4.69) is 5.32 Å². The van der Waals surface area contributed by atoms with Gasteiger partial charge >= 0.3 is 5.69 Å². The number of carbonyl (C=O) groups excluding carboxylic acids is 2. The van der Waals surface area contributed by atoms with Gasteiger partial charge < -0.3 is 24.8 Å². The average molecular weight is 645 g/mol. The van der Waals surface area contributed by atoms with Crippen LogP contribution in [0.5, 0.6) is 17.2 Å². The minimum absolute atomic E-state index is 0.00464. The molecule has 0 radical (unpaired) electrons. The van der Waals surface area contributed by atoms with Crippen molar-refractivity contribution in [3.05, 3.63) is 121 Å². The lowest BCUT2D eigenvalue weighted by Gasteiger charge is -2.38. The van der Waals surface area contributed by atoms with Crippen LogP contribution >= 0.6 is 0 Å². The summed E-state index contributed by atoms with van der Waals surface area (Å²) in [6.07, 6.45) is 1.09. The second-order valence-electron chi connectivity index (χ2n) is 11.1. The first-order chi connectivity index (χ1) is 22.6. The number of hydrogen-bond donors (Lipinski definition) is 2. The van der Waals surface area contributed by atoms with Gasteiger partial charge in [0.2, 0.25) is 5.91 Å². The molecule has 0 aliphatic carbocycles. The lowest BCUT2D eigenvalue weighted by molar-refractivity contribution is -0.123. The van der Waals surface area contributed by atoms with Gasteiger partial charge in [0, 0.05) is 33.3 Å². The standard InChI is InChI=1S/C33H31FN4O6.CH2O2/c1-36-27(19-30(40)37(2)33(36)42)32(41)38-13-11-21-17-24-8-9-25(21)31(38)22-5-3-6-23(18-22)43-14-4-12-35-29(39)16-20-7-10-26(34)28(15-20)44-24;2-1-3/h3,5-10,15,17-19,31H,4,11-14,16H2,1-2H3,(H,35,39);1H,(H,2,3). The van der Waals surface area contributed by atoms with E-state index in [4.69, 9.17) is 19.4 Å². The Morgan fingerprint density at radius 3 is 2.57 bits per heavy atom. The van der Waals surface area contributed by atoms with Crippen LogP contribution in [0.25, 0.3) is 0 Å². The number of fused-ring (bicyclic) bond motifs is 7. The SMILES string of the molecule is Cn1c(C(=O)N2CCc3cc4ccc3C2c2cccc(c2)OCCCNC(=O)Cc2ccc(F)c(c2)O4)cc(=O)n(C)c1=O.O=CO. The Labute approximate surface area is 268 Å². The summed E-state index contributed by atoms with van der Waals surface area (Å²) in [5.41, 5.74) is 1.93. The molecule has 4 heterocycles. The van der Waals surface area contributed by atoms with E-state index >= 15 is 0 Å². The molecule has 2 amide bonds. The third-order valence-electron chi connectivity index (χ3n) is 8.02. The molecule has 3 aromatic carbocycles. The van der Waals surface area contributed by atoms with Crippen molar-refractivity contribution in [2.24, 2.45) is 14.1 Å². The zero-order valence-corrected chi connectivity index (χ0v) is 25.8. The van der Waals surface area contributed by atoms with Crippen LogP contribution in [-0.2, 0) is 36.5 Å². The summed E-state index contributed by atoms with van der Waals surface area (Å²) in [7, 11) is 2.83. The Hall–Kier alpha value is -5.72. The van der Waals surface area contributed by atoms with Crippen LogP contribution in [0.2, 0.25) is 0 Å². The van der Waals surface area contributed by atoms with E-state index in [-0.39, 0.29) is 36.8 Å². The molecule has 4 aromatic rings. The Morgan fingerprint density at radius 1 is 1.00 bits per heavy atom. The van der Waals surface area contributed by atoms with Gasteiger partial charge in [-0.05, 0) is 71.5 Å². The van der Waals surface area contributed by atoms with Crippen molar-refractivity contribution in [2.45, 2.75) is 25.3 Å². The summed E-state index contributed by atoms with van der Waals surface area (Å²) in [5, 5.41) is 9.75. The zero-order chi connectivity index (χ0) is 33.7. The second-order valence-corrected chi connectivity index (χ2v) is 11.1. The van der Waals surface area contributed by atoms with Crippen molar-refractivity contribution in [3.63, 3.8) is 0 Å². The van der Waals surface area contributed by atoms with Crippen molar-refractivity contribution in [2.75, 3.05) is 19.7 Å². The number of amides is 2. The van der Waals surface area contributed by atoms with Crippen LogP contribution in [-0.4, -0.2) is 57.1 Å². The van der Waals surface area contributed by atoms with E-state index in [1.54, 1.807) is 17.0 Å². The van der Waals surface area contributed by atoms with Crippen LogP contribution in [0.15, 0.2) is 76.3 Å². The molecule has 1 atom stereocenters. The van der Waals surface area contributed by atoms with Crippen molar-refractivity contribution >= 4 is 18.3 Å². The highest BCUT2D eigenvalue weighted by atomic mass is 19.1. The fraction of sp³-hybridized carbons (Fsp3) is 0.265. The molecule has 1 unspecified atom stereocenters. The first kappa shape index (κ1) is 32.7. The number of ether oxygens (including phenoxy) is 2. The lowest BCUT2D eigenvalue weighted by Crippen LogP contribution is -2.45. The first-order valence-electron chi connectivity index (χ1n) is 14.9. The molecule has 0 saturated heterocycles. The molecule has 7 rings (SSSR count). The summed E-state index contributed by atoms with van der Waals surface area (Å²) in [5.74, 6) is -0.199. The van der Waals surface area contributed by atoms with Crippen LogP contribution in [0, 0.1) is 5.82 Å². The third kappa shape index (κ3) is 7.08. The first-order valence-corrected chi connectivity index (χ1v) is 14.9. The van der Waals surface area contributed by atoms with Gasteiger partial charge in [0.1, 0.15) is 17.2 Å². The monoisotopic (exact) mass is 644 g/mol. The Kier molecular flexibility index (Phi) is 9.83. The van der Waals surface area contributed by atoms with Crippen LogP contribution < -0.4 is 26.0 Å². The number of nitrogens with one attached hydrogen (secondary N) is 1. The molecule has 3 aliphatic rings. The van der Waals surface area contributed by atoms with E-state index in [1.807, 2.05) is 36.4 Å². The maximum Gasteiger partial charge on any atom is 0.331 e. The smallest absolute Gasteiger partial charge is 0.331 e. The summed E-state index contributed by atoms with van der Waals surface area (Å²) in [6, 6.07) is 17.8. The molecule has 0 saturated carbocycles. The Balaban J connectivity index is 0.00000139. The quantitative estimate of drug-likeness (QED) is 0.301. The predicted molar refractivity (Wildman–Crippen MR) is 168 cm³/mol. The topological polar surface area (TPSA) is 149 Å². The molecule has 12 nitrogen and oxygen atoms in total. The summed E-state index contributed by atoms with van der Waals surface area (Å²) in [4.78, 5) is 61.7. The molecule has 47 heavy (non-hydrogen) atoms. The van der Waals surface area contributed by atoms with Gasteiger partial charge in [0.25, 0.3) is 17.9 Å². The van der Waals surface area contributed by atoms with E-state index in [0.29, 0.717) is 43.1 Å². The second kappa shape index (κ2) is 14.1. The molecule has 8 bridgehead atoms. The summed E-state index contributed by atoms with van der Waals surface area (Å²) in [6.45, 7) is 0.781. The number of halogens is 1. The van der Waals surface area contributed by atoms with Crippen molar-refractivity contribution in [1.82, 2.24) is 19.4 Å². The largest absolute Gasteiger partial charge is 0.494 e. The maximum atomic E-state index is 14.8. The van der Waals surface area contributed by atoms with Gasteiger partial charge in [0.05, 0.1) is 19.1 Å². The van der Waals surface area contributed by atoms with Gasteiger partial charge in [-0.3, -0.25) is 28.3 Å². The van der Waals surface area contributed by atoms with Crippen LogP contribution in [0.3, 0.4) is 0 Å². The number of aromatic nitrogens is 2. The molecule has 2 N–H and O–H groups in total. The van der Waals surface area contributed by atoms with Crippen molar-refractivity contribution < 1.29 is 33.4 Å². The summed E-state index contributed by atoms with van der Waals surface area (Å²) < 4.78 is 28.9. The number of carbonyl (C=O) groups is 3. The van der Waals surface area contributed by atoms with Gasteiger partial charge in [-0.1, -0.05) is 24.3 Å². The van der Waals surface area contributed by atoms with Gasteiger partial charge in [-0.15, -0.1) is 0 Å². The molecule has 3 aliphatic heterocycles. The van der Waals surface area contributed by atoms with E-state index in [9.17, 15) is 23.6 Å². The minimum atomic E-state index is -0.594. The number of rotatable bonds is 1. The number of carboxylic acid groups (broad SMARTS) is 1. The zero-order valence-electron chi connectivity index (χ0n) is 25.8. The van der Waals surface area contributed by atoms with Gasteiger partial charge in [-0.2, -0.15) is 0 Å². The maximum absolute atomic E-state index is 14.8. The predicted octanol–water partition coefficient (Wildman–Crippen LogP) is 2.95. The van der Waals surface area contributed by atoms with E-state index in [0.717, 1.165) is 21.3 Å². The molecular weight excluding hydrogens is 611 g/mol. The Bertz CT molecular complexity index is 1950. The molecule has 0 fully saturated rings. The normalized spacial score (nSPS) is 15.8. The van der Waals surface area contributed by atoms with Gasteiger partial charge in [-0.25, -0.2) is 9.18 Å². The minimum Gasteiger partial charge on any atom is -0.494 e. The number of hydrogen-bond acceptors (Lipinski definition) is 7. The number of nitrogens with zero attached hydrogens (tertiary/aromatic N) is 3. The van der Waals surface area contributed by atoms with Crippen molar-refractivity contribution in [1.29, 1.82) is 0 Å². The van der Waals surface area contributed by atoms with Crippen LogP contribution in [0.4, 0.5) is 4.39 Å². The highest BCUT2D eigenvalue weighted by Gasteiger charge is 2.34. The highest BCUT2D eigenvalue weighted by molar-refractivity contribution is 5.93. The number of benzene rings is 3.